The third-order valence-electron chi connectivity index (χ3n) is 4.54. The van der Waals surface area contributed by atoms with Gasteiger partial charge in [0.2, 0.25) is 0 Å². The summed E-state index contributed by atoms with van der Waals surface area (Å²) in [4.78, 5) is 22.3. The molecule has 1 aromatic carbocycles. The maximum atomic E-state index is 13.0. The van der Waals surface area contributed by atoms with Gasteiger partial charge >= 0.3 is 0 Å². The van der Waals surface area contributed by atoms with Gasteiger partial charge in [-0.1, -0.05) is 17.7 Å². The molecule has 0 spiro atoms. The van der Waals surface area contributed by atoms with E-state index in [-0.39, 0.29) is 5.91 Å². The van der Waals surface area contributed by atoms with Crippen LogP contribution in [0, 0.1) is 6.92 Å². The fourth-order valence-electron chi connectivity index (χ4n) is 3.10. The lowest BCUT2D eigenvalue weighted by atomic mass is 10.2. The zero-order chi connectivity index (χ0) is 20.7. The molecule has 30 heavy (non-hydrogen) atoms. The van der Waals surface area contributed by atoms with Crippen molar-refractivity contribution in [2.75, 3.05) is 0 Å². The molecule has 0 saturated carbocycles. The van der Waals surface area contributed by atoms with Crippen LogP contribution in [0.1, 0.15) is 16.1 Å². The Bertz CT molecular complexity index is 1330. The standard InChI is InChI=1S/C22H14ClN3OS3/c1-13-20(16-10-11-24-26(16)22(27)14-4-6-15(23)7-5-14)30-21(25-13)19-9-8-18(29-19)17-3-2-12-28-17/h2-12H,1H3. The van der Waals surface area contributed by atoms with Crippen LogP contribution < -0.4 is 0 Å². The molecule has 0 atom stereocenters. The van der Waals surface area contributed by atoms with Crippen LogP contribution in [-0.2, 0) is 0 Å². The van der Waals surface area contributed by atoms with Gasteiger partial charge in [0.25, 0.3) is 5.91 Å². The Morgan fingerprint density at radius 2 is 1.77 bits per heavy atom. The van der Waals surface area contributed by atoms with Crippen LogP contribution in [0.2, 0.25) is 5.02 Å². The maximum Gasteiger partial charge on any atom is 0.278 e. The van der Waals surface area contributed by atoms with Crippen LogP contribution >= 0.6 is 45.6 Å². The molecule has 0 radical (unpaired) electrons. The number of aryl methyl sites for hydroxylation is 1. The molecule has 0 aliphatic carbocycles. The third kappa shape index (κ3) is 3.54. The molecule has 0 aliphatic rings. The van der Waals surface area contributed by atoms with Gasteiger partial charge in [-0.2, -0.15) is 9.78 Å². The molecule has 148 valence electrons. The molecule has 0 aliphatic heterocycles. The number of carbonyl (C=O) groups is 1. The molecule has 8 heteroatoms. The normalized spacial score (nSPS) is 11.1. The number of hydrogen-bond donors (Lipinski definition) is 0. The number of hydrogen-bond acceptors (Lipinski definition) is 6. The first-order valence-electron chi connectivity index (χ1n) is 9.06. The van der Waals surface area contributed by atoms with E-state index in [9.17, 15) is 4.79 Å². The fourth-order valence-corrected chi connectivity index (χ4v) is 6.19. The zero-order valence-electron chi connectivity index (χ0n) is 15.7. The summed E-state index contributed by atoms with van der Waals surface area (Å²) in [6.07, 6.45) is 1.64. The molecular weight excluding hydrogens is 454 g/mol. The van der Waals surface area contributed by atoms with E-state index in [0.717, 1.165) is 26.1 Å². The molecule has 4 aromatic heterocycles. The highest BCUT2D eigenvalue weighted by Gasteiger charge is 2.20. The summed E-state index contributed by atoms with van der Waals surface area (Å²) in [5, 5.41) is 7.89. The Balaban J connectivity index is 1.50. The predicted molar refractivity (Wildman–Crippen MR) is 126 cm³/mol. The van der Waals surface area contributed by atoms with Gasteiger partial charge in [-0.05, 0) is 60.8 Å². The lowest BCUT2D eigenvalue weighted by Crippen LogP contribution is -2.14. The molecule has 0 N–H and O–H groups in total. The quantitative estimate of drug-likeness (QED) is 0.283. The first-order chi connectivity index (χ1) is 14.6. The van der Waals surface area contributed by atoms with Crippen molar-refractivity contribution in [3.05, 3.63) is 82.5 Å². The van der Waals surface area contributed by atoms with Gasteiger partial charge in [0.15, 0.2) is 0 Å². The number of carbonyl (C=O) groups excluding carboxylic acids is 1. The molecule has 0 unspecified atom stereocenters. The van der Waals surface area contributed by atoms with E-state index in [4.69, 9.17) is 16.6 Å². The van der Waals surface area contributed by atoms with Crippen LogP contribution in [0.25, 0.3) is 30.2 Å². The lowest BCUT2D eigenvalue weighted by Gasteiger charge is -2.05. The Morgan fingerprint density at radius 1 is 0.967 bits per heavy atom. The molecule has 4 nitrogen and oxygen atoms in total. The fraction of sp³-hybridized carbons (Fsp3) is 0.0455. The van der Waals surface area contributed by atoms with E-state index < -0.39 is 0 Å². The summed E-state index contributed by atoms with van der Waals surface area (Å²) in [6, 6.07) is 17.1. The van der Waals surface area contributed by atoms with Crippen LogP contribution in [0.4, 0.5) is 0 Å². The number of thiazole rings is 1. The van der Waals surface area contributed by atoms with Gasteiger partial charge < -0.3 is 0 Å². The second-order valence-electron chi connectivity index (χ2n) is 6.52. The smallest absolute Gasteiger partial charge is 0.267 e. The summed E-state index contributed by atoms with van der Waals surface area (Å²) in [5.74, 6) is -0.197. The van der Waals surface area contributed by atoms with Crippen LogP contribution in [-0.4, -0.2) is 20.7 Å². The van der Waals surface area contributed by atoms with Crippen molar-refractivity contribution < 1.29 is 4.79 Å². The summed E-state index contributed by atoms with van der Waals surface area (Å²) < 4.78 is 1.43. The Morgan fingerprint density at radius 3 is 2.53 bits per heavy atom. The summed E-state index contributed by atoms with van der Waals surface area (Å²) in [6.45, 7) is 1.97. The predicted octanol–water partition coefficient (Wildman–Crippen LogP) is 7.11. The number of halogens is 1. The molecule has 0 fully saturated rings. The first kappa shape index (κ1) is 19.4. The Kier molecular flexibility index (Phi) is 5.12. The molecule has 0 amide bonds. The van der Waals surface area contributed by atoms with Crippen molar-refractivity contribution in [2.45, 2.75) is 6.92 Å². The van der Waals surface area contributed by atoms with Crippen molar-refractivity contribution >= 4 is 51.5 Å². The van der Waals surface area contributed by atoms with Gasteiger partial charge in [0.05, 0.1) is 27.3 Å². The molecular formula is C22H14ClN3OS3. The maximum absolute atomic E-state index is 13.0. The minimum Gasteiger partial charge on any atom is -0.267 e. The first-order valence-corrected chi connectivity index (χ1v) is 12.0. The van der Waals surface area contributed by atoms with E-state index in [1.165, 1.54) is 14.4 Å². The van der Waals surface area contributed by atoms with Crippen LogP contribution in [0.3, 0.4) is 0 Å². The number of rotatable bonds is 4. The molecule has 5 aromatic rings. The van der Waals surface area contributed by atoms with E-state index in [2.05, 4.69) is 34.7 Å². The average Bonchev–Trinajstić information content (AvgIpc) is 3.53. The van der Waals surface area contributed by atoms with E-state index in [0.29, 0.717) is 10.6 Å². The van der Waals surface area contributed by atoms with Crippen molar-refractivity contribution in [3.63, 3.8) is 0 Å². The van der Waals surface area contributed by atoms with E-state index in [1.54, 1.807) is 64.5 Å². The summed E-state index contributed by atoms with van der Waals surface area (Å²) in [5.41, 5.74) is 2.16. The van der Waals surface area contributed by atoms with Crippen LogP contribution in [0.15, 0.2) is 66.2 Å². The third-order valence-corrected chi connectivity index (χ3v) is 8.29. The lowest BCUT2D eigenvalue weighted by molar-refractivity contribution is 0.0947. The molecule has 0 bridgehead atoms. The summed E-state index contributed by atoms with van der Waals surface area (Å²) in [7, 11) is 0. The number of aromatic nitrogens is 3. The minimum absolute atomic E-state index is 0.197. The highest BCUT2D eigenvalue weighted by atomic mass is 35.5. The number of benzene rings is 1. The van der Waals surface area contributed by atoms with Gasteiger partial charge in [0.1, 0.15) is 5.01 Å². The van der Waals surface area contributed by atoms with E-state index >= 15 is 0 Å². The number of nitrogens with zero attached hydrogens (tertiary/aromatic N) is 3. The Labute approximate surface area is 190 Å². The van der Waals surface area contributed by atoms with Crippen LogP contribution in [0.5, 0.6) is 0 Å². The zero-order valence-corrected chi connectivity index (χ0v) is 18.9. The van der Waals surface area contributed by atoms with Gasteiger partial charge in [-0.3, -0.25) is 4.79 Å². The highest BCUT2D eigenvalue weighted by molar-refractivity contribution is 7.26. The minimum atomic E-state index is -0.197. The largest absolute Gasteiger partial charge is 0.278 e. The molecule has 0 saturated heterocycles. The van der Waals surface area contributed by atoms with Crippen molar-refractivity contribution in [1.82, 2.24) is 14.8 Å². The summed E-state index contributed by atoms with van der Waals surface area (Å²) >= 11 is 11.0. The topological polar surface area (TPSA) is 47.8 Å². The van der Waals surface area contributed by atoms with Gasteiger partial charge in [-0.15, -0.1) is 34.0 Å². The monoisotopic (exact) mass is 467 g/mol. The number of thiophene rings is 2. The molecule has 5 rings (SSSR count). The Hall–Kier alpha value is -2.58. The molecule has 4 heterocycles. The highest BCUT2D eigenvalue weighted by Crippen LogP contribution is 2.41. The van der Waals surface area contributed by atoms with Gasteiger partial charge in [-0.25, -0.2) is 4.98 Å². The second-order valence-corrected chi connectivity index (χ2v) is 9.98. The second kappa shape index (κ2) is 7.92. The van der Waals surface area contributed by atoms with Crippen molar-refractivity contribution in [1.29, 1.82) is 0 Å². The SMILES string of the molecule is Cc1nc(-c2ccc(-c3cccs3)s2)sc1-c1ccnn1C(=O)c1ccc(Cl)cc1. The van der Waals surface area contributed by atoms with Gasteiger partial charge in [0, 0.05) is 20.3 Å². The van der Waals surface area contributed by atoms with Crippen molar-refractivity contribution in [3.8, 4) is 30.2 Å². The van der Waals surface area contributed by atoms with Crippen molar-refractivity contribution in [2.24, 2.45) is 0 Å². The van der Waals surface area contributed by atoms with E-state index in [1.807, 2.05) is 13.0 Å². The average molecular weight is 468 g/mol.